The molecule has 0 atom stereocenters. The lowest BCUT2D eigenvalue weighted by Crippen LogP contribution is -2.35. The van der Waals surface area contributed by atoms with Crippen LogP contribution in [0.15, 0.2) is 83.8 Å². The van der Waals surface area contributed by atoms with E-state index in [2.05, 4.69) is 20.9 Å². The third kappa shape index (κ3) is 17.6. The Morgan fingerprint density at radius 3 is 1.90 bits per heavy atom. The fraction of sp³-hybridized carbons (Fsp3) is 0.300. The number of carbonyl (C=O) groups excluding carboxylic acids is 3. The van der Waals surface area contributed by atoms with Gasteiger partial charge in [-0.3, -0.25) is 29.7 Å². The molecule has 340 valence electrons. The highest BCUT2D eigenvalue weighted by Crippen LogP contribution is 2.30. The molecule has 0 saturated carbocycles. The highest BCUT2D eigenvalue weighted by atomic mass is 19.4. The van der Waals surface area contributed by atoms with E-state index >= 15 is 0 Å². The summed E-state index contributed by atoms with van der Waals surface area (Å²) in [7, 11) is 0. The lowest BCUT2D eigenvalue weighted by molar-refractivity contribution is -0.193. The minimum Gasteiger partial charge on any atom is -0.475 e. The molecule has 0 radical (unpaired) electrons. The maximum Gasteiger partial charge on any atom is 0.490 e. The van der Waals surface area contributed by atoms with Crippen LogP contribution in [0.2, 0.25) is 0 Å². The molecule has 1 heterocycles. The number of carboxylic acid groups (broad SMARTS) is 2. The van der Waals surface area contributed by atoms with Crippen LogP contribution in [0.4, 0.5) is 42.6 Å². The van der Waals surface area contributed by atoms with Gasteiger partial charge >= 0.3 is 36.4 Å². The number of anilines is 2. The lowest BCUT2D eigenvalue weighted by atomic mass is 9.97. The first-order valence-corrected chi connectivity index (χ1v) is 18.1. The number of nitrogens with zero attached hydrogens (tertiary/aromatic N) is 2. The van der Waals surface area contributed by atoms with E-state index in [0.717, 1.165) is 11.1 Å². The summed E-state index contributed by atoms with van der Waals surface area (Å²) in [5, 5.41) is 30.7. The molecule has 0 bridgehead atoms. The third-order valence-corrected chi connectivity index (χ3v) is 7.56. The molecule has 17 nitrogen and oxygen atoms in total. The highest BCUT2D eigenvalue weighted by Gasteiger charge is 2.39. The molecule has 23 heteroatoms. The summed E-state index contributed by atoms with van der Waals surface area (Å²) in [4.78, 5) is 73.3. The summed E-state index contributed by atoms with van der Waals surface area (Å²) < 4.78 is 75.4. The standard InChI is InChI=1S/C36H41N7O6.2C2HF3O2/c1-22(2)41-32-33(45)43(28(19-40-32)26-15-16-29(27(37)17-26)49-34(46)36(3,4)5)20-30(44)39-18-23-11-13-25(14-12-23)31(38)42-35(47)48-21-24-9-7-6-8-10-24;2*3-2(4,5)1(6)7/h6-17,19,22H,18,20-21,37H2,1-5H3,(H,39,44)(H,40,41)(H2,38,42,47);2*(H,6,7). The molecule has 0 aliphatic heterocycles. The first-order chi connectivity index (χ1) is 29.1. The van der Waals surface area contributed by atoms with Crippen molar-refractivity contribution >= 4 is 47.2 Å². The number of nitrogens with one attached hydrogen (secondary N) is 4. The average molecular weight is 896 g/mol. The number of aliphatic carboxylic acids is 2. The van der Waals surface area contributed by atoms with Gasteiger partial charge in [-0.15, -0.1) is 0 Å². The number of hydrogen-bond acceptors (Lipinski definition) is 12. The SMILES string of the molecule is CC(C)Nc1ncc(-c2ccc(OC(=O)C(C)(C)C)c(N)c2)n(CC(=O)NCc2ccc(C(=N)NC(=O)OCc3ccccc3)cc2)c1=O.O=C(O)C(F)(F)F.O=C(O)C(F)(F)F. The van der Waals surface area contributed by atoms with Gasteiger partial charge in [-0.2, -0.15) is 26.3 Å². The van der Waals surface area contributed by atoms with Crippen molar-refractivity contribution in [2.75, 3.05) is 11.1 Å². The number of alkyl carbamates (subject to hydrolysis) is 1. The van der Waals surface area contributed by atoms with Gasteiger partial charge in [0, 0.05) is 23.7 Å². The predicted octanol–water partition coefficient (Wildman–Crippen LogP) is 6.10. The Bertz CT molecular complexity index is 2290. The zero-order valence-electron chi connectivity index (χ0n) is 34.1. The number of nitrogen functional groups attached to an aromatic ring is 1. The number of benzene rings is 3. The maximum atomic E-state index is 13.5. The van der Waals surface area contributed by atoms with Crippen molar-refractivity contribution in [2.45, 2.75) is 72.7 Å². The second-order valence-corrected chi connectivity index (χ2v) is 14.2. The number of carbonyl (C=O) groups is 5. The van der Waals surface area contributed by atoms with Crippen molar-refractivity contribution in [3.8, 4) is 17.0 Å². The zero-order chi connectivity index (χ0) is 47.9. The van der Waals surface area contributed by atoms with Gasteiger partial charge in [0.25, 0.3) is 5.56 Å². The number of nitrogens with two attached hydrogens (primary N) is 1. The van der Waals surface area contributed by atoms with E-state index < -0.39 is 53.2 Å². The summed E-state index contributed by atoms with van der Waals surface area (Å²) in [5.74, 6) is -6.26. The summed E-state index contributed by atoms with van der Waals surface area (Å²) in [5.41, 5.74) is 8.01. The quantitative estimate of drug-likeness (QED) is 0.0224. The van der Waals surface area contributed by atoms with Gasteiger partial charge in [0.1, 0.15) is 19.0 Å². The first-order valence-electron chi connectivity index (χ1n) is 18.1. The molecule has 3 aromatic carbocycles. The van der Waals surface area contributed by atoms with Gasteiger partial charge in [-0.1, -0.05) is 54.6 Å². The van der Waals surface area contributed by atoms with Crippen molar-refractivity contribution < 1.29 is 70.0 Å². The molecule has 2 amide bonds. The number of ether oxygens (including phenoxy) is 2. The summed E-state index contributed by atoms with van der Waals surface area (Å²) >= 11 is 0. The van der Waals surface area contributed by atoms with Crippen LogP contribution in [-0.4, -0.2) is 73.9 Å². The minimum absolute atomic E-state index is 0.0797. The van der Waals surface area contributed by atoms with Crippen LogP contribution in [-0.2, 0) is 43.6 Å². The van der Waals surface area contributed by atoms with Crippen molar-refractivity contribution in [1.82, 2.24) is 20.2 Å². The number of rotatable bonds is 11. The van der Waals surface area contributed by atoms with Crippen LogP contribution in [0.3, 0.4) is 0 Å². The Morgan fingerprint density at radius 2 is 1.41 bits per heavy atom. The van der Waals surface area contributed by atoms with E-state index in [1.54, 1.807) is 57.2 Å². The number of amidine groups is 1. The van der Waals surface area contributed by atoms with Gasteiger partial charge in [-0.25, -0.2) is 19.4 Å². The number of esters is 1. The number of amides is 2. The Morgan fingerprint density at radius 1 is 0.857 bits per heavy atom. The van der Waals surface area contributed by atoms with Crippen molar-refractivity contribution in [3.05, 3.63) is 106 Å². The molecule has 4 rings (SSSR count). The van der Waals surface area contributed by atoms with Crippen molar-refractivity contribution in [1.29, 1.82) is 5.41 Å². The molecule has 0 unspecified atom stereocenters. The van der Waals surface area contributed by atoms with Crippen molar-refractivity contribution in [2.24, 2.45) is 5.41 Å². The molecule has 0 aliphatic rings. The van der Waals surface area contributed by atoms with E-state index in [0.29, 0.717) is 16.8 Å². The number of aromatic nitrogens is 2. The third-order valence-electron chi connectivity index (χ3n) is 7.56. The molecule has 8 N–H and O–H groups in total. The summed E-state index contributed by atoms with van der Waals surface area (Å²) in [6.07, 6.45) is -9.43. The Hall–Kier alpha value is -7.46. The van der Waals surface area contributed by atoms with Gasteiger partial charge in [-0.05, 0) is 63.9 Å². The van der Waals surface area contributed by atoms with Crippen LogP contribution < -0.4 is 32.0 Å². The summed E-state index contributed by atoms with van der Waals surface area (Å²) in [6.45, 7) is 8.83. The van der Waals surface area contributed by atoms with E-state index in [4.69, 9.17) is 40.4 Å². The van der Waals surface area contributed by atoms with Gasteiger partial charge in [0.05, 0.1) is 23.0 Å². The molecular weight excluding hydrogens is 852 g/mol. The van der Waals surface area contributed by atoms with E-state index in [1.165, 1.54) is 16.8 Å². The van der Waals surface area contributed by atoms with E-state index in [-0.39, 0.29) is 48.8 Å². The number of hydrogen-bond donors (Lipinski definition) is 7. The topological polar surface area (TPSA) is 265 Å². The van der Waals surface area contributed by atoms with E-state index in [1.807, 2.05) is 44.2 Å². The van der Waals surface area contributed by atoms with Gasteiger partial charge in [0.15, 0.2) is 11.6 Å². The number of alkyl halides is 6. The molecule has 0 aliphatic carbocycles. The first kappa shape index (κ1) is 51.7. The second kappa shape index (κ2) is 22.4. The zero-order valence-corrected chi connectivity index (χ0v) is 34.1. The van der Waals surface area contributed by atoms with Crippen LogP contribution in [0.5, 0.6) is 5.75 Å². The van der Waals surface area contributed by atoms with Crippen molar-refractivity contribution in [3.63, 3.8) is 0 Å². The number of carboxylic acids is 2. The highest BCUT2D eigenvalue weighted by molar-refractivity contribution is 6.04. The van der Waals surface area contributed by atoms with E-state index in [9.17, 15) is 45.5 Å². The van der Waals surface area contributed by atoms with Gasteiger partial charge < -0.3 is 36.1 Å². The Labute approximate surface area is 354 Å². The molecule has 4 aromatic rings. The molecule has 1 aromatic heterocycles. The molecule has 0 saturated heterocycles. The Kier molecular flexibility index (Phi) is 18.4. The fourth-order valence-corrected chi connectivity index (χ4v) is 4.42. The Balaban J connectivity index is 0.000000838. The normalized spacial score (nSPS) is 11.1. The van der Waals surface area contributed by atoms with Crippen LogP contribution in [0, 0.1) is 10.8 Å². The van der Waals surface area contributed by atoms with Gasteiger partial charge in [0.2, 0.25) is 5.91 Å². The minimum atomic E-state index is -5.08. The molecule has 0 fully saturated rings. The van der Waals surface area contributed by atoms with Crippen LogP contribution in [0.1, 0.15) is 51.3 Å². The second-order valence-electron chi connectivity index (χ2n) is 14.2. The lowest BCUT2D eigenvalue weighted by Gasteiger charge is -2.18. The van der Waals surface area contributed by atoms with Crippen LogP contribution in [0.25, 0.3) is 11.3 Å². The summed E-state index contributed by atoms with van der Waals surface area (Å²) in [6, 6.07) is 20.6. The maximum absolute atomic E-state index is 13.5. The fourth-order valence-electron chi connectivity index (χ4n) is 4.42. The predicted molar refractivity (Wildman–Crippen MR) is 214 cm³/mol. The molecule has 63 heavy (non-hydrogen) atoms. The largest absolute Gasteiger partial charge is 0.490 e. The average Bonchev–Trinajstić information content (AvgIpc) is 3.18. The smallest absolute Gasteiger partial charge is 0.475 e. The molecule has 0 spiro atoms. The monoisotopic (exact) mass is 895 g/mol. The molecular formula is C40H43F6N7O10. The van der Waals surface area contributed by atoms with Crippen LogP contribution >= 0.6 is 0 Å². The number of halogens is 6.